The van der Waals surface area contributed by atoms with Crippen molar-refractivity contribution in [2.75, 3.05) is 26.7 Å². The van der Waals surface area contributed by atoms with Crippen molar-refractivity contribution in [1.29, 1.82) is 0 Å². The summed E-state index contributed by atoms with van der Waals surface area (Å²) < 4.78 is 12.9. The summed E-state index contributed by atoms with van der Waals surface area (Å²) in [7, 11) is 1.97. The lowest BCUT2D eigenvalue weighted by atomic mass is 10.1. The fraction of sp³-hybridized carbons (Fsp3) is 0.429. The summed E-state index contributed by atoms with van der Waals surface area (Å²) in [6.45, 7) is 8.01. The van der Waals surface area contributed by atoms with Crippen LogP contribution in [0.4, 0.5) is 0 Å². The van der Waals surface area contributed by atoms with Gasteiger partial charge in [-0.25, -0.2) is 0 Å². The molecule has 0 spiro atoms. The SMILES string of the molecule is CCOc1cc(CNCCCNC)c(Br)cc1OCc1ccccc1C. The van der Waals surface area contributed by atoms with E-state index in [1.54, 1.807) is 0 Å². The van der Waals surface area contributed by atoms with E-state index in [1.807, 2.05) is 32.2 Å². The molecule has 5 heteroatoms. The van der Waals surface area contributed by atoms with Crippen molar-refractivity contribution in [1.82, 2.24) is 10.6 Å². The first-order valence-electron chi connectivity index (χ1n) is 9.13. The number of ether oxygens (including phenoxy) is 2. The van der Waals surface area contributed by atoms with Crippen molar-refractivity contribution in [3.05, 3.63) is 57.6 Å². The minimum absolute atomic E-state index is 0.529. The molecule has 0 aromatic heterocycles. The van der Waals surface area contributed by atoms with Crippen LogP contribution in [-0.2, 0) is 13.2 Å². The van der Waals surface area contributed by atoms with E-state index >= 15 is 0 Å². The molecular formula is C21H29BrN2O2. The fourth-order valence-corrected chi connectivity index (χ4v) is 3.10. The Bertz CT molecular complexity index is 692. The van der Waals surface area contributed by atoms with Crippen LogP contribution in [-0.4, -0.2) is 26.7 Å². The second-order valence-corrected chi connectivity index (χ2v) is 7.03. The molecule has 0 aliphatic carbocycles. The smallest absolute Gasteiger partial charge is 0.162 e. The minimum Gasteiger partial charge on any atom is -0.490 e. The van der Waals surface area contributed by atoms with Gasteiger partial charge in [0, 0.05) is 11.0 Å². The van der Waals surface area contributed by atoms with Crippen molar-refractivity contribution >= 4 is 15.9 Å². The van der Waals surface area contributed by atoms with Crippen LogP contribution >= 0.6 is 15.9 Å². The van der Waals surface area contributed by atoms with E-state index in [0.717, 1.165) is 42.0 Å². The minimum atomic E-state index is 0.529. The van der Waals surface area contributed by atoms with Crippen LogP contribution in [0.25, 0.3) is 0 Å². The predicted molar refractivity (Wildman–Crippen MR) is 111 cm³/mol. The lowest BCUT2D eigenvalue weighted by Crippen LogP contribution is -2.19. The van der Waals surface area contributed by atoms with E-state index < -0.39 is 0 Å². The largest absolute Gasteiger partial charge is 0.490 e. The standard InChI is InChI=1S/C21H29BrN2O2/c1-4-25-20-12-18(14-24-11-7-10-23-3)19(22)13-21(20)26-15-17-9-6-5-8-16(17)2/h5-6,8-9,12-13,23-24H,4,7,10-11,14-15H2,1-3H3. The second kappa shape index (κ2) is 11.2. The molecule has 2 aromatic carbocycles. The van der Waals surface area contributed by atoms with E-state index in [-0.39, 0.29) is 0 Å². The third kappa shape index (κ3) is 6.31. The van der Waals surface area contributed by atoms with Gasteiger partial charge in [-0.2, -0.15) is 0 Å². The molecule has 0 unspecified atom stereocenters. The number of benzene rings is 2. The molecule has 26 heavy (non-hydrogen) atoms. The summed E-state index contributed by atoms with van der Waals surface area (Å²) >= 11 is 3.67. The van der Waals surface area contributed by atoms with Crippen molar-refractivity contribution in [2.24, 2.45) is 0 Å². The van der Waals surface area contributed by atoms with Crippen LogP contribution in [0.5, 0.6) is 11.5 Å². The lowest BCUT2D eigenvalue weighted by molar-refractivity contribution is 0.268. The molecule has 0 heterocycles. The van der Waals surface area contributed by atoms with Gasteiger partial charge >= 0.3 is 0 Å². The monoisotopic (exact) mass is 420 g/mol. The molecule has 0 aliphatic heterocycles. The normalized spacial score (nSPS) is 10.8. The van der Waals surface area contributed by atoms with Gasteiger partial charge in [0.15, 0.2) is 11.5 Å². The van der Waals surface area contributed by atoms with E-state index in [9.17, 15) is 0 Å². The number of nitrogens with one attached hydrogen (secondary N) is 2. The van der Waals surface area contributed by atoms with Gasteiger partial charge in [-0.05, 0) is 69.2 Å². The van der Waals surface area contributed by atoms with Crippen molar-refractivity contribution < 1.29 is 9.47 Å². The maximum absolute atomic E-state index is 6.07. The van der Waals surface area contributed by atoms with Gasteiger partial charge in [0.1, 0.15) is 6.61 Å². The van der Waals surface area contributed by atoms with E-state index in [1.165, 1.54) is 16.7 Å². The Hall–Kier alpha value is -1.56. The van der Waals surface area contributed by atoms with Crippen LogP contribution in [0.2, 0.25) is 0 Å². The molecule has 2 aromatic rings. The third-order valence-corrected chi connectivity index (χ3v) is 4.89. The van der Waals surface area contributed by atoms with Crippen molar-refractivity contribution in [3.63, 3.8) is 0 Å². The third-order valence-electron chi connectivity index (χ3n) is 4.15. The molecule has 0 bridgehead atoms. The quantitative estimate of drug-likeness (QED) is 0.527. The highest BCUT2D eigenvalue weighted by molar-refractivity contribution is 9.10. The Balaban J connectivity index is 2.06. The summed E-state index contributed by atoms with van der Waals surface area (Å²) in [5, 5.41) is 6.62. The molecule has 0 atom stereocenters. The van der Waals surface area contributed by atoms with Crippen molar-refractivity contribution in [2.45, 2.75) is 33.4 Å². The van der Waals surface area contributed by atoms with Crippen LogP contribution in [0.15, 0.2) is 40.9 Å². The highest BCUT2D eigenvalue weighted by atomic mass is 79.9. The molecule has 0 aliphatic rings. The molecule has 2 rings (SSSR count). The molecule has 0 radical (unpaired) electrons. The molecular weight excluding hydrogens is 392 g/mol. The van der Waals surface area contributed by atoms with E-state index in [2.05, 4.69) is 51.7 Å². The van der Waals surface area contributed by atoms with Crippen LogP contribution < -0.4 is 20.1 Å². The van der Waals surface area contributed by atoms with Gasteiger partial charge in [0.05, 0.1) is 6.61 Å². The first-order valence-corrected chi connectivity index (χ1v) is 9.92. The number of hydrogen-bond donors (Lipinski definition) is 2. The number of rotatable bonds is 11. The van der Waals surface area contributed by atoms with Gasteiger partial charge in [0.2, 0.25) is 0 Å². The van der Waals surface area contributed by atoms with Gasteiger partial charge in [-0.1, -0.05) is 40.2 Å². The summed E-state index contributed by atoms with van der Waals surface area (Å²) in [5.41, 5.74) is 3.58. The summed E-state index contributed by atoms with van der Waals surface area (Å²) in [5.74, 6) is 1.55. The first kappa shape index (κ1) is 20.7. The van der Waals surface area contributed by atoms with Gasteiger partial charge in [-0.3, -0.25) is 0 Å². The second-order valence-electron chi connectivity index (χ2n) is 6.17. The zero-order valence-corrected chi connectivity index (χ0v) is 17.5. The highest BCUT2D eigenvalue weighted by Crippen LogP contribution is 2.34. The van der Waals surface area contributed by atoms with Gasteiger partial charge in [0.25, 0.3) is 0 Å². The van der Waals surface area contributed by atoms with E-state index in [0.29, 0.717) is 13.2 Å². The predicted octanol–water partition coefficient (Wildman–Crippen LogP) is 4.43. The maximum Gasteiger partial charge on any atom is 0.162 e. The molecule has 0 amide bonds. The highest BCUT2D eigenvalue weighted by Gasteiger charge is 2.11. The van der Waals surface area contributed by atoms with Gasteiger partial charge < -0.3 is 20.1 Å². The molecule has 2 N–H and O–H groups in total. The Morgan fingerprint density at radius 2 is 1.77 bits per heavy atom. The van der Waals surface area contributed by atoms with Crippen LogP contribution in [0.1, 0.15) is 30.0 Å². The lowest BCUT2D eigenvalue weighted by Gasteiger charge is -2.16. The zero-order valence-electron chi connectivity index (χ0n) is 15.9. The Morgan fingerprint density at radius 1 is 1.00 bits per heavy atom. The Labute approximate surface area is 165 Å². The summed E-state index contributed by atoms with van der Waals surface area (Å²) in [6, 6.07) is 12.3. The molecule has 142 valence electrons. The number of aryl methyl sites for hydroxylation is 1. The maximum atomic E-state index is 6.07. The zero-order chi connectivity index (χ0) is 18.8. The van der Waals surface area contributed by atoms with Crippen LogP contribution in [0, 0.1) is 6.92 Å². The Kier molecular flexibility index (Phi) is 8.95. The van der Waals surface area contributed by atoms with Crippen LogP contribution in [0.3, 0.4) is 0 Å². The van der Waals surface area contributed by atoms with Gasteiger partial charge in [-0.15, -0.1) is 0 Å². The van der Waals surface area contributed by atoms with E-state index in [4.69, 9.17) is 9.47 Å². The Morgan fingerprint density at radius 3 is 2.50 bits per heavy atom. The number of halogens is 1. The molecule has 0 saturated heterocycles. The average Bonchev–Trinajstić information content (AvgIpc) is 2.63. The molecule has 0 saturated carbocycles. The summed E-state index contributed by atoms with van der Waals surface area (Å²) in [4.78, 5) is 0. The number of hydrogen-bond acceptors (Lipinski definition) is 4. The molecule has 0 fully saturated rings. The van der Waals surface area contributed by atoms with Crippen molar-refractivity contribution in [3.8, 4) is 11.5 Å². The topological polar surface area (TPSA) is 42.5 Å². The fourth-order valence-electron chi connectivity index (χ4n) is 2.63. The summed E-state index contributed by atoms with van der Waals surface area (Å²) in [6.07, 6.45) is 1.10. The first-order chi connectivity index (χ1) is 12.7. The molecule has 4 nitrogen and oxygen atoms in total. The average molecular weight is 421 g/mol.